The predicted molar refractivity (Wildman–Crippen MR) is 62.3 cm³/mol. The van der Waals surface area contributed by atoms with Gasteiger partial charge in [-0.1, -0.05) is 12.8 Å². The second-order valence-electron chi connectivity index (χ2n) is 4.77. The van der Waals surface area contributed by atoms with Crippen molar-refractivity contribution in [3.05, 3.63) is 0 Å². The van der Waals surface area contributed by atoms with Crippen molar-refractivity contribution >= 4 is 11.8 Å². The first-order valence-electron chi connectivity index (χ1n) is 6.41. The van der Waals surface area contributed by atoms with E-state index in [2.05, 4.69) is 10.6 Å². The molecule has 96 valence electrons. The first-order chi connectivity index (χ1) is 8.25. The molecule has 2 amide bonds. The molecule has 5 nitrogen and oxygen atoms in total. The van der Waals surface area contributed by atoms with Crippen molar-refractivity contribution in [1.29, 1.82) is 0 Å². The van der Waals surface area contributed by atoms with Crippen LogP contribution in [0.5, 0.6) is 0 Å². The monoisotopic (exact) mass is 240 g/mol. The summed E-state index contributed by atoms with van der Waals surface area (Å²) in [7, 11) is 0. The third-order valence-corrected chi connectivity index (χ3v) is 3.41. The Bertz CT molecular complexity index is 287. The maximum Gasteiger partial charge on any atom is 0.225 e. The summed E-state index contributed by atoms with van der Waals surface area (Å²) in [5.74, 6) is -0.278. The Balaban J connectivity index is 1.55. The molecule has 0 spiro atoms. The molecular weight excluding hydrogens is 220 g/mol. The lowest BCUT2D eigenvalue weighted by molar-refractivity contribution is -0.126. The van der Waals surface area contributed by atoms with Crippen molar-refractivity contribution in [2.24, 2.45) is 5.92 Å². The SMILES string of the molecule is O=C1CC(C(=O)NCCOC2CCCC2)CN1. The zero-order valence-corrected chi connectivity index (χ0v) is 10.0. The highest BCUT2D eigenvalue weighted by Crippen LogP contribution is 2.20. The van der Waals surface area contributed by atoms with Crippen molar-refractivity contribution in [2.45, 2.75) is 38.2 Å². The molecule has 17 heavy (non-hydrogen) atoms. The summed E-state index contributed by atoms with van der Waals surface area (Å²) in [5.41, 5.74) is 0. The Hall–Kier alpha value is -1.10. The summed E-state index contributed by atoms with van der Waals surface area (Å²) < 4.78 is 5.64. The average molecular weight is 240 g/mol. The van der Waals surface area contributed by atoms with Crippen molar-refractivity contribution in [2.75, 3.05) is 19.7 Å². The largest absolute Gasteiger partial charge is 0.376 e. The van der Waals surface area contributed by atoms with Gasteiger partial charge in [0.05, 0.1) is 18.6 Å². The molecule has 1 saturated heterocycles. The van der Waals surface area contributed by atoms with E-state index in [0.717, 1.165) is 12.8 Å². The highest BCUT2D eigenvalue weighted by molar-refractivity contribution is 5.89. The molecule has 0 aromatic heterocycles. The highest BCUT2D eigenvalue weighted by Gasteiger charge is 2.27. The molecule has 1 aliphatic heterocycles. The number of hydrogen-bond donors (Lipinski definition) is 2. The molecule has 0 bridgehead atoms. The van der Waals surface area contributed by atoms with Gasteiger partial charge in [0.2, 0.25) is 11.8 Å². The lowest BCUT2D eigenvalue weighted by Gasteiger charge is -2.12. The van der Waals surface area contributed by atoms with Gasteiger partial charge in [-0.2, -0.15) is 0 Å². The van der Waals surface area contributed by atoms with Crippen LogP contribution in [0.15, 0.2) is 0 Å². The minimum absolute atomic E-state index is 0.0349. The Morgan fingerprint density at radius 1 is 1.41 bits per heavy atom. The number of hydrogen-bond acceptors (Lipinski definition) is 3. The maximum atomic E-state index is 11.6. The third-order valence-electron chi connectivity index (χ3n) is 3.41. The third kappa shape index (κ3) is 3.70. The van der Waals surface area contributed by atoms with Crippen LogP contribution in [0.2, 0.25) is 0 Å². The molecular formula is C12H20N2O3. The molecule has 1 aliphatic carbocycles. The number of carbonyl (C=O) groups excluding carboxylic acids is 2. The first kappa shape index (κ1) is 12.4. The topological polar surface area (TPSA) is 67.4 Å². The lowest BCUT2D eigenvalue weighted by atomic mass is 10.1. The van der Waals surface area contributed by atoms with Crippen LogP contribution in [0.25, 0.3) is 0 Å². The van der Waals surface area contributed by atoms with Crippen LogP contribution in [0.4, 0.5) is 0 Å². The van der Waals surface area contributed by atoms with Gasteiger partial charge in [0.1, 0.15) is 0 Å². The Morgan fingerprint density at radius 3 is 2.82 bits per heavy atom. The number of amides is 2. The van der Waals surface area contributed by atoms with E-state index in [9.17, 15) is 9.59 Å². The van der Waals surface area contributed by atoms with E-state index in [1.807, 2.05) is 0 Å². The van der Waals surface area contributed by atoms with E-state index >= 15 is 0 Å². The van der Waals surface area contributed by atoms with Gasteiger partial charge in [-0.25, -0.2) is 0 Å². The molecule has 0 radical (unpaired) electrons. The second-order valence-corrected chi connectivity index (χ2v) is 4.77. The summed E-state index contributed by atoms with van der Waals surface area (Å²) >= 11 is 0. The highest BCUT2D eigenvalue weighted by atomic mass is 16.5. The minimum Gasteiger partial charge on any atom is -0.376 e. The lowest BCUT2D eigenvalue weighted by Crippen LogP contribution is -2.34. The Morgan fingerprint density at radius 2 is 2.18 bits per heavy atom. The minimum atomic E-state index is -0.200. The molecule has 0 aromatic carbocycles. The zero-order chi connectivity index (χ0) is 12.1. The first-order valence-corrected chi connectivity index (χ1v) is 6.41. The Kier molecular flexibility index (Phi) is 4.36. The predicted octanol–water partition coefficient (Wildman–Crippen LogP) is 0.198. The Labute approximate surface area is 101 Å². The van der Waals surface area contributed by atoms with E-state index in [0.29, 0.717) is 32.2 Å². The molecule has 0 aromatic rings. The number of nitrogens with one attached hydrogen (secondary N) is 2. The number of ether oxygens (including phenoxy) is 1. The van der Waals surface area contributed by atoms with E-state index < -0.39 is 0 Å². The van der Waals surface area contributed by atoms with Gasteiger partial charge in [0.15, 0.2) is 0 Å². The van der Waals surface area contributed by atoms with E-state index in [-0.39, 0.29) is 17.7 Å². The smallest absolute Gasteiger partial charge is 0.225 e. The van der Waals surface area contributed by atoms with Crippen molar-refractivity contribution < 1.29 is 14.3 Å². The van der Waals surface area contributed by atoms with E-state index in [1.54, 1.807) is 0 Å². The van der Waals surface area contributed by atoms with Crippen LogP contribution in [-0.4, -0.2) is 37.6 Å². The molecule has 5 heteroatoms. The summed E-state index contributed by atoms with van der Waals surface area (Å²) in [6.07, 6.45) is 5.51. The molecule has 1 unspecified atom stereocenters. The summed E-state index contributed by atoms with van der Waals surface area (Å²) in [6.45, 7) is 1.58. The van der Waals surface area contributed by atoms with Gasteiger partial charge in [0.25, 0.3) is 0 Å². The molecule has 2 N–H and O–H groups in total. The van der Waals surface area contributed by atoms with Crippen molar-refractivity contribution in [3.63, 3.8) is 0 Å². The number of carbonyl (C=O) groups is 2. The van der Waals surface area contributed by atoms with Gasteiger partial charge in [-0.05, 0) is 12.8 Å². The van der Waals surface area contributed by atoms with Crippen LogP contribution in [0, 0.1) is 5.92 Å². The van der Waals surface area contributed by atoms with E-state index in [4.69, 9.17) is 4.74 Å². The normalized spacial score (nSPS) is 24.9. The van der Waals surface area contributed by atoms with Crippen LogP contribution >= 0.6 is 0 Å². The fourth-order valence-electron chi connectivity index (χ4n) is 2.39. The second kappa shape index (κ2) is 6.00. The summed E-state index contributed by atoms with van der Waals surface area (Å²) in [6, 6.07) is 0. The quantitative estimate of drug-likeness (QED) is 0.674. The van der Waals surface area contributed by atoms with Gasteiger partial charge in [-0.3, -0.25) is 9.59 Å². The summed E-state index contributed by atoms with van der Waals surface area (Å²) in [4.78, 5) is 22.6. The zero-order valence-electron chi connectivity index (χ0n) is 10.0. The fourth-order valence-corrected chi connectivity index (χ4v) is 2.39. The summed E-state index contributed by atoms with van der Waals surface area (Å²) in [5, 5.41) is 5.47. The number of rotatable bonds is 5. The maximum absolute atomic E-state index is 11.6. The van der Waals surface area contributed by atoms with Crippen molar-refractivity contribution in [1.82, 2.24) is 10.6 Å². The van der Waals surface area contributed by atoms with Gasteiger partial charge in [-0.15, -0.1) is 0 Å². The van der Waals surface area contributed by atoms with Crippen LogP contribution < -0.4 is 10.6 Å². The van der Waals surface area contributed by atoms with Crippen LogP contribution in [0.1, 0.15) is 32.1 Å². The molecule has 2 fully saturated rings. The van der Waals surface area contributed by atoms with Gasteiger partial charge in [0, 0.05) is 19.5 Å². The van der Waals surface area contributed by atoms with Crippen LogP contribution in [0.3, 0.4) is 0 Å². The van der Waals surface area contributed by atoms with Crippen molar-refractivity contribution in [3.8, 4) is 0 Å². The molecule has 1 saturated carbocycles. The molecule has 1 atom stereocenters. The fraction of sp³-hybridized carbons (Fsp3) is 0.833. The van der Waals surface area contributed by atoms with Crippen LogP contribution in [-0.2, 0) is 14.3 Å². The van der Waals surface area contributed by atoms with Gasteiger partial charge >= 0.3 is 0 Å². The standard InChI is InChI=1S/C12H20N2O3/c15-11-7-9(8-14-11)12(16)13-5-6-17-10-3-1-2-4-10/h9-10H,1-8H2,(H,13,16)(H,14,15). The molecule has 2 aliphatic rings. The van der Waals surface area contributed by atoms with Gasteiger partial charge < -0.3 is 15.4 Å². The van der Waals surface area contributed by atoms with E-state index in [1.165, 1.54) is 12.8 Å². The average Bonchev–Trinajstić information content (AvgIpc) is 2.95. The molecule has 1 heterocycles. The molecule has 2 rings (SSSR count).